The number of hydrogen-bond acceptors (Lipinski definition) is 3. The van der Waals surface area contributed by atoms with E-state index in [2.05, 4.69) is 40.9 Å². The van der Waals surface area contributed by atoms with E-state index in [-0.39, 0.29) is 35.8 Å². The third-order valence-corrected chi connectivity index (χ3v) is 5.75. The van der Waals surface area contributed by atoms with E-state index < -0.39 is 0 Å². The summed E-state index contributed by atoms with van der Waals surface area (Å²) >= 11 is 0. The van der Waals surface area contributed by atoms with Crippen molar-refractivity contribution in [1.29, 1.82) is 0 Å². The second-order valence-corrected chi connectivity index (χ2v) is 8.24. The molecule has 1 unspecified atom stereocenters. The molecule has 1 aliphatic rings. The first-order valence-corrected chi connectivity index (χ1v) is 11.5. The molecular weight excluding hydrogens is 527 g/mol. The van der Waals surface area contributed by atoms with Gasteiger partial charge in [-0.2, -0.15) is 0 Å². The lowest BCUT2D eigenvalue weighted by Gasteiger charge is -2.16. The standard InChI is InChI=1S/C25H32N6O.HI/c1-2-26-25(27-13-11-22-19-30-14-7-6-10-23(30)29-22)28-17-21-16-24(32)31(18-21)15-12-20-8-4-3-5-9-20;/h3-10,14,19,21H,2,11-13,15-18H2,1H3,(H2,26,27,28);1H. The van der Waals surface area contributed by atoms with Crippen molar-refractivity contribution < 1.29 is 4.79 Å². The van der Waals surface area contributed by atoms with Gasteiger partial charge in [-0.3, -0.25) is 9.79 Å². The first-order chi connectivity index (χ1) is 15.7. The van der Waals surface area contributed by atoms with Crippen LogP contribution in [-0.2, 0) is 17.6 Å². The Labute approximate surface area is 212 Å². The Bertz CT molecular complexity index is 1020. The van der Waals surface area contributed by atoms with E-state index >= 15 is 0 Å². The van der Waals surface area contributed by atoms with Crippen LogP contribution in [0.25, 0.3) is 5.65 Å². The number of carbonyl (C=O) groups excluding carboxylic acids is 1. The molecule has 1 aromatic carbocycles. The van der Waals surface area contributed by atoms with Crippen LogP contribution in [0, 0.1) is 5.92 Å². The number of hydrogen-bond donors (Lipinski definition) is 2. The van der Waals surface area contributed by atoms with Crippen LogP contribution in [0.4, 0.5) is 0 Å². The lowest BCUT2D eigenvalue weighted by atomic mass is 10.1. The van der Waals surface area contributed by atoms with Crippen molar-refractivity contribution in [1.82, 2.24) is 24.9 Å². The van der Waals surface area contributed by atoms with E-state index in [1.807, 2.05) is 51.9 Å². The van der Waals surface area contributed by atoms with Crippen LogP contribution >= 0.6 is 24.0 Å². The van der Waals surface area contributed by atoms with Crippen LogP contribution in [0.2, 0.25) is 0 Å². The molecule has 0 radical (unpaired) electrons. The fraction of sp³-hybridized carbons (Fsp3) is 0.400. The molecule has 176 valence electrons. The molecule has 2 N–H and O–H groups in total. The van der Waals surface area contributed by atoms with Crippen LogP contribution in [0.3, 0.4) is 0 Å². The molecule has 1 saturated heterocycles. The minimum Gasteiger partial charge on any atom is -0.357 e. The Balaban J connectivity index is 0.00000306. The number of amides is 1. The van der Waals surface area contributed by atoms with E-state index in [9.17, 15) is 4.79 Å². The first-order valence-electron chi connectivity index (χ1n) is 11.5. The summed E-state index contributed by atoms with van der Waals surface area (Å²) in [6.45, 7) is 5.83. The number of carbonyl (C=O) groups is 1. The molecule has 3 heterocycles. The quantitative estimate of drug-likeness (QED) is 0.240. The van der Waals surface area contributed by atoms with Gasteiger partial charge in [-0.25, -0.2) is 4.98 Å². The smallest absolute Gasteiger partial charge is 0.223 e. The third-order valence-electron chi connectivity index (χ3n) is 5.75. The highest BCUT2D eigenvalue weighted by Gasteiger charge is 2.29. The Kier molecular flexibility index (Phi) is 9.53. The van der Waals surface area contributed by atoms with Gasteiger partial charge in [0, 0.05) is 63.9 Å². The van der Waals surface area contributed by atoms with Gasteiger partial charge in [0.15, 0.2) is 5.96 Å². The number of fused-ring (bicyclic) bond motifs is 1. The number of aliphatic imine (C=N–C) groups is 1. The van der Waals surface area contributed by atoms with Gasteiger partial charge in [-0.1, -0.05) is 36.4 Å². The van der Waals surface area contributed by atoms with Crippen molar-refractivity contribution in [2.24, 2.45) is 10.9 Å². The minimum atomic E-state index is 0. The fourth-order valence-electron chi connectivity index (χ4n) is 4.08. The second kappa shape index (κ2) is 12.6. The van der Waals surface area contributed by atoms with Crippen molar-refractivity contribution in [3.8, 4) is 0 Å². The van der Waals surface area contributed by atoms with Crippen LogP contribution in [0.5, 0.6) is 0 Å². The molecule has 1 aliphatic heterocycles. The minimum absolute atomic E-state index is 0. The number of imidazole rings is 1. The average molecular weight is 560 g/mol. The maximum atomic E-state index is 12.4. The Morgan fingerprint density at radius 3 is 2.73 bits per heavy atom. The van der Waals surface area contributed by atoms with Gasteiger partial charge in [-0.05, 0) is 31.0 Å². The first kappa shape index (κ1) is 25.0. The number of nitrogens with one attached hydrogen (secondary N) is 2. The molecule has 0 spiro atoms. The summed E-state index contributed by atoms with van der Waals surface area (Å²) in [5, 5.41) is 6.70. The summed E-state index contributed by atoms with van der Waals surface area (Å²) < 4.78 is 2.04. The molecule has 1 amide bonds. The van der Waals surface area contributed by atoms with Gasteiger partial charge in [-0.15, -0.1) is 24.0 Å². The topological polar surface area (TPSA) is 74.0 Å². The summed E-state index contributed by atoms with van der Waals surface area (Å²) in [7, 11) is 0. The Hall–Kier alpha value is -2.62. The van der Waals surface area contributed by atoms with Crippen molar-refractivity contribution in [2.45, 2.75) is 26.2 Å². The van der Waals surface area contributed by atoms with Gasteiger partial charge in [0.25, 0.3) is 0 Å². The Morgan fingerprint density at radius 2 is 1.94 bits per heavy atom. The Morgan fingerprint density at radius 1 is 1.12 bits per heavy atom. The zero-order valence-corrected chi connectivity index (χ0v) is 21.4. The number of aromatic nitrogens is 2. The predicted octanol–water partition coefficient (Wildman–Crippen LogP) is 3.14. The highest BCUT2D eigenvalue weighted by molar-refractivity contribution is 14.0. The van der Waals surface area contributed by atoms with Crippen molar-refractivity contribution in [3.63, 3.8) is 0 Å². The van der Waals surface area contributed by atoms with Crippen molar-refractivity contribution >= 4 is 41.5 Å². The molecule has 7 nitrogen and oxygen atoms in total. The number of likely N-dealkylation sites (tertiary alicyclic amines) is 1. The lowest BCUT2D eigenvalue weighted by molar-refractivity contribution is -0.127. The van der Waals surface area contributed by atoms with Crippen LogP contribution < -0.4 is 10.6 Å². The molecule has 1 fully saturated rings. The van der Waals surface area contributed by atoms with Crippen LogP contribution in [-0.4, -0.2) is 58.9 Å². The molecule has 4 rings (SSSR count). The largest absolute Gasteiger partial charge is 0.357 e. The molecule has 2 aromatic heterocycles. The van der Waals surface area contributed by atoms with E-state index in [0.717, 1.165) is 56.3 Å². The highest BCUT2D eigenvalue weighted by atomic mass is 127. The van der Waals surface area contributed by atoms with Gasteiger partial charge in [0.2, 0.25) is 5.91 Å². The molecule has 33 heavy (non-hydrogen) atoms. The summed E-state index contributed by atoms with van der Waals surface area (Å²) in [5.41, 5.74) is 3.28. The number of nitrogens with zero attached hydrogens (tertiary/aromatic N) is 4. The molecule has 3 aromatic rings. The second-order valence-electron chi connectivity index (χ2n) is 8.24. The zero-order valence-electron chi connectivity index (χ0n) is 19.1. The van der Waals surface area contributed by atoms with Crippen molar-refractivity contribution in [2.75, 3.05) is 32.7 Å². The van der Waals surface area contributed by atoms with Crippen LogP contribution in [0.1, 0.15) is 24.6 Å². The number of benzene rings is 1. The molecule has 0 bridgehead atoms. The lowest BCUT2D eigenvalue weighted by Crippen LogP contribution is -2.38. The summed E-state index contributed by atoms with van der Waals surface area (Å²) in [6, 6.07) is 16.3. The predicted molar refractivity (Wildman–Crippen MR) is 143 cm³/mol. The fourth-order valence-corrected chi connectivity index (χ4v) is 4.08. The number of guanidine groups is 1. The zero-order chi connectivity index (χ0) is 22.2. The van der Waals surface area contributed by atoms with Gasteiger partial charge >= 0.3 is 0 Å². The molecule has 0 aliphatic carbocycles. The summed E-state index contributed by atoms with van der Waals surface area (Å²) in [5.74, 6) is 1.31. The average Bonchev–Trinajstić information content (AvgIpc) is 3.39. The molecular formula is C25H33IN6O. The van der Waals surface area contributed by atoms with E-state index in [1.165, 1.54) is 5.56 Å². The van der Waals surface area contributed by atoms with Gasteiger partial charge in [0.1, 0.15) is 5.65 Å². The summed E-state index contributed by atoms with van der Waals surface area (Å²) in [4.78, 5) is 23.8. The summed E-state index contributed by atoms with van der Waals surface area (Å²) in [6.07, 6.45) is 6.38. The number of pyridine rings is 1. The van der Waals surface area contributed by atoms with E-state index in [4.69, 9.17) is 4.99 Å². The molecule has 8 heteroatoms. The van der Waals surface area contributed by atoms with Gasteiger partial charge < -0.3 is 19.9 Å². The highest BCUT2D eigenvalue weighted by Crippen LogP contribution is 2.18. The maximum absolute atomic E-state index is 12.4. The molecule has 0 saturated carbocycles. The normalized spacial score (nSPS) is 16.2. The number of rotatable bonds is 9. The SMILES string of the molecule is CCNC(=NCC1CC(=O)N(CCc2ccccc2)C1)NCCc1cn2ccccc2n1.I. The van der Waals surface area contributed by atoms with E-state index in [1.54, 1.807) is 0 Å². The number of halogens is 1. The van der Waals surface area contributed by atoms with Crippen molar-refractivity contribution in [3.05, 3.63) is 72.2 Å². The van der Waals surface area contributed by atoms with Crippen LogP contribution in [0.15, 0.2) is 65.9 Å². The molecule has 1 atom stereocenters. The maximum Gasteiger partial charge on any atom is 0.223 e. The van der Waals surface area contributed by atoms with E-state index in [0.29, 0.717) is 13.0 Å². The van der Waals surface area contributed by atoms with Gasteiger partial charge in [0.05, 0.1) is 5.69 Å². The third kappa shape index (κ3) is 7.18. The monoisotopic (exact) mass is 560 g/mol.